The van der Waals surface area contributed by atoms with E-state index in [1.165, 1.54) is 25.7 Å². The lowest BCUT2D eigenvalue weighted by Gasteiger charge is -2.51. The fraction of sp³-hybridized carbons (Fsp3) is 0.727. The second-order valence-electron chi connectivity index (χ2n) is 7.63. The lowest BCUT2D eigenvalue weighted by atomic mass is 9.89. The van der Waals surface area contributed by atoms with Crippen LogP contribution in [0, 0.1) is 0 Å². The minimum absolute atomic E-state index is 0.110. The van der Waals surface area contributed by atoms with Gasteiger partial charge < -0.3 is 10.2 Å². The lowest BCUT2D eigenvalue weighted by molar-refractivity contribution is 0.0648. The Morgan fingerprint density at radius 1 is 0.880 bits per heavy atom. The number of benzene rings is 1. The van der Waals surface area contributed by atoms with E-state index in [9.17, 15) is 10.2 Å². The van der Waals surface area contributed by atoms with Crippen LogP contribution >= 0.6 is 0 Å². The van der Waals surface area contributed by atoms with E-state index in [1.54, 1.807) is 0 Å². The lowest BCUT2D eigenvalue weighted by Crippen LogP contribution is -2.52. The van der Waals surface area contributed by atoms with Gasteiger partial charge in [0.25, 0.3) is 0 Å². The molecule has 1 aromatic carbocycles. The van der Waals surface area contributed by atoms with Gasteiger partial charge in [0.15, 0.2) is 0 Å². The van der Waals surface area contributed by atoms with Crippen LogP contribution in [0.1, 0.15) is 77.9 Å². The second kappa shape index (κ2) is 11.2. The molecule has 0 radical (unpaired) electrons. The second-order valence-corrected chi connectivity index (χ2v) is 13.3. The zero-order valence-corrected chi connectivity index (χ0v) is 17.9. The molecule has 144 valence electrons. The number of hydrogen-bond acceptors (Lipinski definition) is 2. The van der Waals surface area contributed by atoms with E-state index >= 15 is 0 Å². The molecule has 0 spiro atoms. The summed E-state index contributed by atoms with van der Waals surface area (Å²) in [6.07, 6.45) is 6.50. The van der Waals surface area contributed by atoms with E-state index < -0.39 is 14.2 Å². The Labute approximate surface area is 156 Å². The molecular formula is C22H40O2Si. The van der Waals surface area contributed by atoms with Crippen molar-refractivity contribution in [1.82, 2.24) is 0 Å². The summed E-state index contributed by atoms with van der Waals surface area (Å²) in [7, 11) is -1.81. The molecule has 1 aromatic rings. The number of aliphatic hydroxyl groups excluding tert-OH is 2. The van der Waals surface area contributed by atoms with Crippen molar-refractivity contribution >= 4 is 8.07 Å². The van der Waals surface area contributed by atoms with E-state index in [0.717, 1.165) is 36.5 Å². The molecule has 2 nitrogen and oxygen atoms in total. The van der Waals surface area contributed by atoms with Gasteiger partial charge in [-0.3, -0.25) is 0 Å². The average Bonchev–Trinajstić information content (AvgIpc) is 2.68. The third-order valence-corrected chi connectivity index (χ3v) is 13.6. The minimum Gasteiger partial charge on any atom is -0.396 e. The fourth-order valence-corrected chi connectivity index (χ4v) is 10.2. The highest BCUT2D eigenvalue weighted by atomic mass is 28.3. The van der Waals surface area contributed by atoms with Crippen molar-refractivity contribution in [2.45, 2.75) is 95.5 Å². The molecule has 0 amide bonds. The highest BCUT2D eigenvalue weighted by molar-refractivity contribution is 6.82. The fourth-order valence-electron chi connectivity index (χ4n) is 4.83. The summed E-state index contributed by atoms with van der Waals surface area (Å²) in [4.78, 5) is 0. The van der Waals surface area contributed by atoms with Gasteiger partial charge in [-0.05, 0) is 12.0 Å². The summed E-state index contributed by atoms with van der Waals surface area (Å²) in [6, 6.07) is 13.4. The highest BCUT2D eigenvalue weighted by Gasteiger charge is 2.53. The van der Waals surface area contributed by atoms with Gasteiger partial charge in [0.05, 0.1) is 14.2 Å². The summed E-state index contributed by atoms with van der Waals surface area (Å²) in [5.41, 5.74) is 0.970. The average molecular weight is 365 g/mol. The summed E-state index contributed by atoms with van der Waals surface area (Å²) in [6.45, 7) is 9.17. The van der Waals surface area contributed by atoms with E-state index in [0.29, 0.717) is 0 Å². The predicted molar refractivity (Wildman–Crippen MR) is 112 cm³/mol. The molecule has 1 rings (SSSR count). The molecule has 0 saturated carbocycles. The standard InChI is InChI=1S/C22H40O2Si/c1-5-9-10-11-15-18-22(19-23,25(6-2,7-3)8-4)21(24)20-16-13-12-14-17-20/h12-14,16-17,21,23-24H,5-11,15,18-19H2,1-4H3/t21-,22+/m0/s1. The molecule has 3 heteroatoms. The topological polar surface area (TPSA) is 40.5 Å². The molecule has 0 aromatic heterocycles. The van der Waals surface area contributed by atoms with Crippen LogP contribution in [-0.2, 0) is 0 Å². The molecule has 0 unspecified atom stereocenters. The number of aliphatic hydroxyl groups is 2. The first-order chi connectivity index (χ1) is 12.1. The highest BCUT2D eigenvalue weighted by Crippen LogP contribution is 2.56. The summed E-state index contributed by atoms with van der Waals surface area (Å²) in [5, 5.41) is 21.7. The maximum absolute atomic E-state index is 11.4. The molecule has 0 aliphatic rings. The quantitative estimate of drug-likeness (QED) is 0.317. The van der Waals surface area contributed by atoms with Gasteiger partial charge >= 0.3 is 0 Å². The first-order valence-corrected chi connectivity index (χ1v) is 13.0. The third kappa shape index (κ3) is 4.96. The van der Waals surface area contributed by atoms with Crippen LogP contribution in [0.5, 0.6) is 0 Å². The summed E-state index contributed by atoms with van der Waals surface area (Å²) >= 11 is 0. The van der Waals surface area contributed by atoms with Gasteiger partial charge in [0, 0.05) is 11.6 Å². The molecule has 0 heterocycles. The van der Waals surface area contributed by atoms with Crippen LogP contribution in [0.25, 0.3) is 0 Å². The van der Waals surface area contributed by atoms with Crippen molar-refractivity contribution < 1.29 is 10.2 Å². The maximum atomic E-state index is 11.4. The Hall–Kier alpha value is -0.643. The van der Waals surface area contributed by atoms with Crippen LogP contribution in [0.15, 0.2) is 30.3 Å². The Kier molecular flexibility index (Phi) is 9.99. The number of unbranched alkanes of at least 4 members (excludes halogenated alkanes) is 4. The Balaban J connectivity index is 3.18. The van der Waals surface area contributed by atoms with Crippen molar-refractivity contribution in [2.75, 3.05) is 6.61 Å². The predicted octanol–water partition coefficient (Wildman–Crippen LogP) is 6.32. The number of rotatable bonds is 13. The molecular weight excluding hydrogens is 324 g/mol. The van der Waals surface area contributed by atoms with Gasteiger partial charge in [0.1, 0.15) is 0 Å². The Bertz CT molecular complexity index is 450. The van der Waals surface area contributed by atoms with Gasteiger partial charge in [-0.2, -0.15) is 0 Å². The van der Waals surface area contributed by atoms with E-state index in [-0.39, 0.29) is 11.6 Å². The first kappa shape index (κ1) is 22.4. The molecule has 0 aliphatic carbocycles. The van der Waals surface area contributed by atoms with Crippen molar-refractivity contribution in [3.63, 3.8) is 0 Å². The molecule has 2 N–H and O–H groups in total. The maximum Gasteiger partial charge on any atom is 0.0844 e. The molecule has 0 saturated heterocycles. The normalized spacial score (nSPS) is 15.8. The van der Waals surface area contributed by atoms with Crippen molar-refractivity contribution in [1.29, 1.82) is 0 Å². The van der Waals surface area contributed by atoms with Crippen molar-refractivity contribution in [2.24, 2.45) is 0 Å². The van der Waals surface area contributed by atoms with Gasteiger partial charge in [0.2, 0.25) is 0 Å². The molecule has 2 atom stereocenters. The molecule has 25 heavy (non-hydrogen) atoms. The zero-order valence-electron chi connectivity index (χ0n) is 16.9. The zero-order chi connectivity index (χ0) is 18.8. The molecule has 0 aliphatic heterocycles. The largest absolute Gasteiger partial charge is 0.396 e. The van der Waals surface area contributed by atoms with Gasteiger partial charge in [-0.1, -0.05) is 108 Å². The van der Waals surface area contributed by atoms with Gasteiger partial charge in [-0.15, -0.1) is 0 Å². The monoisotopic (exact) mass is 364 g/mol. The molecule has 0 fully saturated rings. The van der Waals surface area contributed by atoms with Crippen molar-refractivity contribution in [3.8, 4) is 0 Å². The van der Waals surface area contributed by atoms with E-state index in [1.807, 2.05) is 30.3 Å². The van der Waals surface area contributed by atoms with Gasteiger partial charge in [-0.25, -0.2) is 0 Å². The van der Waals surface area contributed by atoms with Crippen LogP contribution in [0.4, 0.5) is 0 Å². The number of hydrogen-bond donors (Lipinski definition) is 2. The first-order valence-electron chi connectivity index (χ1n) is 10.4. The Morgan fingerprint density at radius 3 is 1.92 bits per heavy atom. The minimum atomic E-state index is -1.81. The van der Waals surface area contributed by atoms with E-state index in [4.69, 9.17) is 0 Å². The SMILES string of the molecule is CCCCCCC[C@@](CO)([C@@H](O)c1ccccc1)[Si](CC)(CC)CC. The van der Waals surface area contributed by atoms with Crippen LogP contribution in [0.2, 0.25) is 23.2 Å². The third-order valence-electron chi connectivity index (χ3n) is 6.73. The van der Waals surface area contributed by atoms with Crippen LogP contribution in [0.3, 0.4) is 0 Å². The van der Waals surface area contributed by atoms with Crippen LogP contribution in [-0.4, -0.2) is 24.9 Å². The van der Waals surface area contributed by atoms with E-state index in [2.05, 4.69) is 27.7 Å². The summed E-state index contributed by atoms with van der Waals surface area (Å²) in [5.74, 6) is 0. The smallest absolute Gasteiger partial charge is 0.0844 e. The Morgan fingerprint density at radius 2 is 1.44 bits per heavy atom. The van der Waals surface area contributed by atoms with Crippen LogP contribution < -0.4 is 0 Å². The van der Waals surface area contributed by atoms with Crippen molar-refractivity contribution in [3.05, 3.63) is 35.9 Å². The summed E-state index contributed by atoms with van der Waals surface area (Å²) < 4.78 is 0. The molecule has 0 bridgehead atoms.